The van der Waals surface area contributed by atoms with Crippen molar-refractivity contribution >= 4 is 32.6 Å². The molecule has 4 aromatic rings. The second kappa shape index (κ2) is 7.94. The maximum absolute atomic E-state index is 5.78. The quantitative estimate of drug-likeness (QED) is 0.383. The smallest absolute Gasteiger partial charge is 0.129 e. The molecule has 0 spiro atoms. The largest absolute Gasteiger partial charge is 0.394 e. The number of benzene rings is 2. The van der Waals surface area contributed by atoms with E-state index in [-0.39, 0.29) is 0 Å². The van der Waals surface area contributed by atoms with Crippen LogP contribution in [-0.4, -0.2) is 46.1 Å². The van der Waals surface area contributed by atoms with Gasteiger partial charge >= 0.3 is 0 Å². The van der Waals surface area contributed by atoms with Crippen LogP contribution in [0, 0.1) is 0 Å². The lowest BCUT2D eigenvalue weighted by Crippen LogP contribution is -2.26. The zero-order valence-corrected chi connectivity index (χ0v) is 16.6. The summed E-state index contributed by atoms with van der Waals surface area (Å²) >= 11 is 0. The summed E-state index contributed by atoms with van der Waals surface area (Å²) in [5, 5.41) is 18.7. The molecule has 0 N–H and O–H groups in total. The van der Waals surface area contributed by atoms with Gasteiger partial charge in [-0.15, -0.1) is 0 Å². The van der Waals surface area contributed by atoms with Gasteiger partial charge in [0.05, 0.1) is 0 Å². The van der Waals surface area contributed by atoms with Gasteiger partial charge < -0.3 is 9.74 Å². The lowest BCUT2D eigenvalue weighted by atomic mass is 10.1. The number of likely N-dealkylation sites (N-methyl/N-ethyl adjacent to an activating group) is 1. The van der Waals surface area contributed by atoms with Crippen molar-refractivity contribution in [1.29, 1.82) is 0 Å². The monoisotopic (exact) mass is 375 g/mol. The van der Waals surface area contributed by atoms with Gasteiger partial charge in [0.1, 0.15) is 23.0 Å². The Hall–Kier alpha value is -2.99. The van der Waals surface area contributed by atoms with E-state index in [1.165, 1.54) is 0 Å². The van der Waals surface area contributed by atoms with Crippen LogP contribution in [0.1, 0.15) is 13.8 Å². The van der Waals surface area contributed by atoms with E-state index in [9.17, 15) is 0 Å². The second-order valence-electron chi connectivity index (χ2n) is 6.78. The summed E-state index contributed by atoms with van der Waals surface area (Å²) in [6, 6.07) is 16.4. The van der Waals surface area contributed by atoms with Crippen molar-refractivity contribution in [1.82, 2.24) is 19.9 Å². The molecule has 0 radical (unpaired) electrons. The fourth-order valence-electron chi connectivity index (χ4n) is 3.62. The predicted octanol–water partition coefficient (Wildman–Crippen LogP) is 3.45. The topological polar surface area (TPSA) is 55.5 Å². The molecule has 0 aliphatic heterocycles. The highest BCUT2D eigenvalue weighted by molar-refractivity contribution is 6.13. The van der Waals surface area contributed by atoms with Crippen LogP contribution in [0.5, 0.6) is 0 Å². The Bertz CT molecular complexity index is 1110. The minimum atomic E-state index is 0.556. The summed E-state index contributed by atoms with van der Waals surface area (Å²) in [5.41, 5.74) is 1.75. The highest BCUT2D eigenvalue weighted by Gasteiger charge is 2.12. The first-order valence-electron chi connectivity index (χ1n) is 9.76. The van der Waals surface area contributed by atoms with Crippen LogP contribution in [0.3, 0.4) is 0 Å². The summed E-state index contributed by atoms with van der Waals surface area (Å²) in [6.07, 6.45) is 0. The molecule has 0 aliphatic rings. The molecule has 28 heavy (non-hydrogen) atoms. The Kier molecular flexibility index (Phi) is 5.21. The van der Waals surface area contributed by atoms with E-state index in [4.69, 9.17) is 4.84 Å². The van der Waals surface area contributed by atoms with Gasteiger partial charge in [-0.2, -0.15) is 15.0 Å². The third kappa shape index (κ3) is 3.31. The van der Waals surface area contributed by atoms with Crippen molar-refractivity contribution in [2.24, 2.45) is 12.2 Å². The lowest BCUT2D eigenvalue weighted by molar-refractivity contribution is 0.107. The molecule has 3 aromatic carbocycles. The van der Waals surface area contributed by atoms with Gasteiger partial charge in [0, 0.05) is 35.1 Å². The Balaban J connectivity index is 1.96. The molecule has 0 aliphatic carbocycles. The summed E-state index contributed by atoms with van der Waals surface area (Å²) in [7, 11) is 1.85. The Labute approximate surface area is 164 Å². The van der Waals surface area contributed by atoms with E-state index in [2.05, 4.69) is 58.4 Å². The molecule has 4 rings (SSSR count). The zero-order valence-electron chi connectivity index (χ0n) is 16.6. The van der Waals surface area contributed by atoms with E-state index < -0.39 is 0 Å². The Morgan fingerprint density at radius 2 is 1.36 bits per heavy atom. The molecule has 0 unspecified atom stereocenters. The molecule has 0 saturated carbocycles. The first-order valence-corrected chi connectivity index (χ1v) is 9.76. The highest BCUT2D eigenvalue weighted by atomic mass is 16.6. The lowest BCUT2D eigenvalue weighted by Gasteiger charge is -2.16. The van der Waals surface area contributed by atoms with E-state index in [0.717, 1.165) is 57.6 Å². The zero-order chi connectivity index (χ0) is 19.5. The minimum Gasteiger partial charge on any atom is -0.394 e. The molecule has 1 heterocycles. The Morgan fingerprint density at radius 3 is 1.86 bits per heavy atom. The molecule has 6 nitrogen and oxygen atoms in total. The fraction of sp³-hybridized carbons (Fsp3) is 0.318. The van der Waals surface area contributed by atoms with Gasteiger partial charge in [-0.25, -0.2) is 0 Å². The van der Waals surface area contributed by atoms with Crippen LogP contribution in [0.2, 0.25) is 0 Å². The SMILES string of the molecule is CCN(CC)CCON=c1c2ccccc2c2nn(C)nc2c2ccccc12. The first kappa shape index (κ1) is 18.4. The molecule has 0 amide bonds. The van der Waals surface area contributed by atoms with Crippen LogP contribution in [-0.2, 0) is 11.9 Å². The van der Waals surface area contributed by atoms with Gasteiger partial charge in [0.25, 0.3) is 0 Å². The summed E-state index contributed by atoms with van der Waals surface area (Å²) in [4.78, 5) is 9.72. The average Bonchev–Trinajstić information content (AvgIpc) is 3.08. The van der Waals surface area contributed by atoms with Gasteiger partial charge in [0.15, 0.2) is 0 Å². The van der Waals surface area contributed by atoms with Crippen molar-refractivity contribution in [3.8, 4) is 0 Å². The minimum absolute atomic E-state index is 0.556. The Morgan fingerprint density at radius 1 is 0.857 bits per heavy atom. The fourth-order valence-corrected chi connectivity index (χ4v) is 3.62. The van der Waals surface area contributed by atoms with Crippen LogP contribution in [0.25, 0.3) is 32.6 Å². The van der Waals surface area contributed by atoms with Crippen molar-refractivity contribution in [3.05, 3.63) is 53.9 Å². The van der Waals surface area contributed by atoms with Crippen molar-refractivity contribution < 1.29 is 4.84 Å². The predicted molar refractivity (Wildman–Crippen MR) is 113 cm³/mol. The number of hydrogen-bond donors (Lipinski definition) is 0. The number of hydrogen-bond acceptors (Lipinski definition) is 5. The van der Waals surface area contributed by atoms with Crippen molar-refractivity contribution in [2.75, 3.05) is 26.2 Å². The summed E-state index contributed by atoms with van der Waals surface area (Å²) in [5.74, 6) is 0. The van der Waals surface area contributed by atoms with E-state index in [0.29, 0.717) is 6.61 Å². The molecule has 1 aromatic heterocycles. The summed E-state index contributed by atoms with van der Waals surface area (Å²) in [6.45, 7) is 7.75. The van der Waals surface area contributed by atoms with Gasteiger partial charge in [-0.3, -0.25) is 0 Å². The van der Waals surface area contributed by atoms with Gasteiger partial charge in [0.2, 0.25) is 0 Å². The van der Waals surface area contributed by atoms with E-state index in [1.54, 1.807) is 4.80 Å². The molecule has 0 fully saturated rings. The van der Waals surface area contributed by atoms with Crippen LogP contribution in [0.15, 0.2) is 53.7 Å². The number of rotatable bonds is 6. The standard InChI is InChI=1S/C22H25N5O/c1-4-27(5-2)14-15-28-25-20-16-10-6-8-12-18(16)21-22(24-26(3)23-21)19-13-9-7-11-17(19)20/h6-13H,4-5,14-15H2,1-3H3. The first-order chi connectivity index (χ1) is 13.7. The number of aryl methyl sites for hydroxylation is 1. The molecular formula is C22H25N5O. The third-order valence-corrected chi connectivity index (χ3v) is 5.14. The van der Waals surface area contributed by atoms with Crippen LogP contribution in [0.4, 0.5) is 0 Å². The normalized spacial score (nSPS) is 11.6. The van der Waals surface area contributed by atoms with Crippen LogP contribution >= 0.6 is 0 Å². The molecule has 6 heteroatoms. The molecule has 144 valence electrons. The molecule has 0 atom stereocenters. The highest BCUT2D eigenvalue weighted by Crippen LogP contribution is 2.25. The van der Waals surface area contributed by atoms with Gasteiger partial charge in [-0.05, 0) is 13.1 Å². The maximum Gasteiger partial charge on any atom is 0.129 e. The number of fused-ring (bicyclic) bond motifs is 5. The van der Waals surface area contributed by atoms with Crippen molar-refractivity contribution in [2.45, 2.75) is 13.8 Å². The number of aromatic nitrogens is 3. The number of nitrogens with zero attached hydrogens (tertiary/aromatic N) is 5. The van der Waals surface area contributed by atoms with Crippen LogP contribution < -0.4 is 5.36 Å². The maximum atomic E-state index is 5.78. The molecule has 0 saturated heterocycles. The third-order valence-electron chi connectivity index (χ3n) is 5.14. The van der Waals surface area contributed by atoms with E-state index in [1.807, 2.05) is 31.3 Å². The average molecular weight is 375 g/mol. The molecule has 0 bridgehead atoms. The van der Waals surface area contributed by atoms with Gasteiger partial charge in [-0.1, -0.05) is 67.5 Å². The van der Waals surface area contributed by atoms with Crippen molar-refractivity contribution in [3.63, 3.8) is 0 Å². The molecular weight excluding hydrogens is 350 g/mol. The second-order valence-corrected chi connectivity index (χ2v) is 6.78. The van der Waals surface area contributed by atoms with E-state index >= 15 is 0 Å². The summed E-state index contributed by atoms with van der Waals surface area (Å²) < 4.78 is 0.